The van der Waals surface area contributed by atoms with Crippen LogP contribution in [0.4, 0.5) is 5.69 Å². The maximum atomic E-state index is 13.7. The van der Waals surface area contributed by atoms with Crippen molar-refractivity contribution in [2.75, 3.05) is 17.5 Å². The van der Waals surface area contributed by atoms with Crippen molar-refractivity contribution >= 4 is 21.6 Å². The number of sulfonamides is 1. The fourth-order valence-corrected chi connectivity index (χ4v) is 5.28. The number of para-hydroxylation sites is 2. The number of nitrogens with one attached hydrogen (secondary N) is 1. The molecule has 0 unspecified atom stereocenters. The van der Waals surface area contributed by atoms with Gasteiger partial charge in [-0.2, -0.15) is 0 Å². The fourth-order valence-electron chi connectivity index (χ4n) is 3.85. The summed E-state index contributed by atoms with van der Waals surface area (Å²) in [4.78, 5) is 13.3. The highest BCUT2D eigenvalue weighted by atomic mass is 32.2. The maximum Gasteiger partial charge on any atom is 0.264 e. The third kappa shape index (κ3) is 6.46. The summed E-state index contributed by atoms with van der Waals surface area (Å²) in [5, 5.41) is 2.95. The summed E-state index contributed by atoms with van der Waals surface area (Å²) in [6.07, 6.45) is 0. The molecule has 0 spiro atoms. The van der Waals surface area contributed by atoms with Crippen molar-refractivity contribution in [3.05, 3.63) is 89.5 Å². The van der Waals surface area contributed by atoms with Crippen LogP contribution in [-0.2, 0) is 20.2 Å². The number of benzene rings is 3. The van der Waals surface area contributed by atoms with E-state index in [1.165, 1.54) is 5.56 Å². The highest BCUT2D eigenvalue weighted by molar-refractivity contribution is 7.92. The van der Waals surface area contributed by atoms with Gasteiger partial charge in [0, 0.05) is 0 Å². The molecule has 1 amide bonds. The van der Waals surface area contributed by atoms with Crippen molar-refractivity contribution in [1.29, 1.82) is 0 Å². The Morgan fingerprint density at radius 3 is 2.17 bits per heavy atom. The molecule has 0 aliphatic carbocycles. The Morgan fingerprint density at radius 1 is 0.972 bits per heavy atom. The molecule has 0 heterocycles. The molecule has 1 atom stereocenters. The van der Waals surface area contributed by atoms with Gasteiger partial charge in [-0.25, -0.2) is 8.42 Å². The van der Waals surface area contributed by atoms with Crippen LogP contribution in [0, 0.1) is 6.92 Å². The largest absolute Gasteiger partial charge is 0.492 e. The molecule has 0 fully saturated rings. The summed E-state index contributed by atoms with van der Waals surface area (Å²) >= 11 is 0. The molecule has 0 aromatic heterocycles. The van der Waals surface area contributed by atoms with Gasteiger partial charge in [0.1, 0.15) is 12.3 Å². The lowest BCUT2D eigenvalue weighted by molar-refractivity contribution is -0.120. The number of nitrogens with zero attached hydrogens (tertiary/aromatic N) is 1. The second kappa shape index (κ2) is 11.2. The van der Waals surface area contributed by atoms with E-state index in [1.54, 1.807) is 48.5 Å². The third-order valence-electron chi connectivity index (χ3n) is 5.98. The maximum absolute atomic E-state index is 13.7. The van der Waals surface area contributed by atoms with Crippen molar-refractivity contribution in [2.24, 2.45) is 0 Å². The van der Waals surface area contributed by atoms with Gasteiger partial charge in [0.25, 0.3) is 10.0 Å². The Balaban J connectivity index is 1.90. The zero-order valence-corrected chi connectivity index (χ0v) is 22.7. The van der Waals surface area contributed by atoms with Gasteiger partial charge in [-0.1, -0.05) is 74.9 Å². The predicted octanol–water partition coefficient (Wildman–Crippen LogP) is 5.76. The molecular weight excluding hydrogens is 472 g/mol. The summed E-state index contributed by atoms with van der Waals surface area (Å²) in [5.74, 6) is -0.0151. The van der Waals surface area contributed by atoms with Crippen LogP contribution < -0.4 is 14.4 Å². The average molecular weight is 509 g/mol. The van der Waals surface area contributed by atoms with Crippen LogP contribution in [0.25, 0.3) is 0 Å². The Morgan fingerprint density at radius 2 is 1.58 bits per heavy atom. The van der Waals surface area contributed by atoms with Crippen LogP contribution in [0.1, 0.15) is 57.4 Å². The van der Waals surface area contributed by atoms with E-state index in [-0.39, 0.29) is 22.9 Å². The molecule has 7 heteroatoms. The lowest BCUT2D eigenvalue weighted by atomic mass is 9.86. The molecule has 3 rings (SSSR count). The molecule has 3 aromatic carbocycles. The first-order chi connectivity index (χ1) is 16.9. The minimum Gasteiger partial charge on any atom is -0.492 e. The summed E-state index contributed by atoms with van der Waals surface area (Å²) in [6, 6.07) is 21.3. The van der Waals surface area contributed by atoms with Gasteiger partial charge in [0.05, 0.1) is 23.2 Å². The highest BCUT2D eigenvalue weighted by Crippen LogP contribution is 2.32. The number of hydrogen-bond acceptors (Lipinski definition) is 4. The van der Waals surface area contributed by atoms with Crippen LogP contribution in [0.2, 0.25) is 0 Å². The molecule has 6 nitrogen and oxygen atoms in total. The quantitative estimate of drug-likeness (QED) is 0.398. The molecule has 0 aliphatic rings. The van der Waals surface area contributed by atoms with Crippen molar-refractivity contribution in [2.45, 2.75) is 57.9 Å². The minimum absolute atomic E-state index is 0.0316. The first kappa shape index (κ1) is 27.3. The summed E-state index contributed by atoms with van der Waals surface area (Å²) in [5.41, 5.74) is 3.44. The van der Waals surface area contributed by atoms with Gasteiger partial charge in [0.2, 0.25) is 5.91 Å². The SMILES string of the molecule is CCOc1ccccc1N(CC(=O)N[C@H](C)c1ccc(C(C)(C)C)cc1)S(=O)(=O)c1ccc(C)cc1. The molecule has 0 aliphatic heterocycles. The predicted molar refractivity (Wildman–Crippen MR) is 145 cm³/mol. The summed E-state index contributed by atoms with van der Waals surface area (Å²) in [6.45, 7) is 12.0. The first-order valence-electron chi connectivity index (χ1n) is 12.1. The zero-order chi connectivity index (χ0) is 26.5. The molecule has 192 valence electrons. The van der Waals surface area contributed by atoms with Gasteiger partial charge >= 0.3 is 0 Å². The number of rotatable bonds is 9. The number of anilines is 1. The van der Waals surface area contributed by atoms with Crippen molar-refractivity contribution < 1.29 is 17.9 Å². The van der Waals surface area contributed by atoms with E-state index in [2.05, 4.69) is 38.2 Å². The first-order valence-corrected chi connectivity index (χ1v) is 13.6. The van der Waals surface area contributed by atoms with Gasteiger partial charge < -0.3 is 10.1 Å². The molecule has 0 radical (unpaired) electrons. The van der Waals surface area contributed by atoms with Crippen LogP contribution in [0.3, 0.4) is 0 Å². The van der Waals surface area contributed by atoms with Crippen LogP contribution in [0.15, 0.2) is 77.7 Å². The second-order valence-corrected chi connectivity index (χ2v) is 11.7. The molecule has 0 saturated carbocycles. The van der Waals surface area contributed by atoms with Crippen molar-refractivity contribution in [1.82, 2.24) is 5.32 Å². The fraction of sp³-hybridized carbons (Fsp3) is 0.345. The Labute approximate surface area is 215 Å². The third-order valence-corrected chi connectivity index (χ3v) is 7.76. The number of amides is 1. The van der Waals surface area contributed by atoms with E-state index < -0.39 is 15.9 Å². The summed E-state index contributed by atoms with van der Waals surface area (Å²) in [7, 11) is -4.04. The highest BCUT2D eigenvalue weighted by Gasteiger charge is 2.30. The van der Waals surface area contributed by atoms with E-state index in [1.807, 2.05) is 32.9 Å². The topological polar surface area (TPSA) is 75.7 Å². The van der Waals surface area contributed by atoms with Gasteiger partial charge in [0.15, 0.2) is 0 Å². The smallest absolute Gasteiger partial charge is 0.264 e. The second-order valence-electron chi connectivity index (χ2n) is 9.89. The van der Waals surface area contributed by atoms with Crippen molar-refractivity contribution in [3.63, 3.8) is 0 Å². The lowest BCUT2D eigenvalue weighted by Crippen LogP contribution is -2.41. The van der Waals surface area contributed by atoms with E-state index in [4.69, 9.17) is 4.74 Å². The average Bonchev–Trinajstić information content (AvgIpc) is 2.83. The number of carbonyl (C=O) groups is 1. The van der Waals surface area contributed by atoms with E-state index in [9.17, 15) is 13.2 Å². The molecular formula is C29H36N2O4S. The minimum atomic E-state index is -4.04. The number of carbonyl (C=O) groups excluding carboxylic acids is 1. The van der Waals surface area contributed by atoms with Gasteiger partial charge in [-0.3, -0.25) is 9.10 Å². The standard InChI is InChI=1S/C29H36N2O4S/c1-7-35-27-11-9-8-10-26(27)31(36(33,34)25-18-12-21(2)13-19-25)20-28(32)30-22(3)23-14-16-24(17-15-23)29(4,5)6/h8-19,22H,7,20H2,1-6H3,(H,30,32)/t22-/m1/s1. The number of hydrogen-bond donors (Lipinski definition) is 1. The molecule has 0 saturated heterocycles. The van der Waals surface area contributed by atoms with Crippen LogP contribution in [-0.4, -0.2) is 27.5 Å². The Kier molecular flexibility index (Phi) is 8.46. The number of aryl methyl sites for hydroxylation is 1. The Bertz CT molecular complexity index is 1280. The van der Waals surface area contributed by atoms with Crippen LogP contribution >= 0.6 is 0 Å². The molecule has 1 N–H and O–H groups in total. The normalized spacial score (nSPS) is 12.6. The van der Waals surface area contributed by atoms with Crippen molar-refractivity contribution in [3.8, 4) is 5.75 Å². The lowest BCUT2D eigenvalue weighted by Gasteiger charge is -2.27. The number of ether oxygens (including phenoxy) is 1. The molecule has 36 heavy (non-hydrogen) atoms. The van der Waals surface area contributed by atoms with Gasteiger partial charge in [-0.15, -0.1) is 0 Å². The van der Waals surface area contributed by atoms with E-state index >= 15 is 0 Å². The zero-order valence-electron chi connectivity index (χ0n) is 21.9. The Hall–Kier alpha value is -3.32. The van der Waals surface area contributed by atoms with Crippen LogP contribution in [0.5, 0.6) is 5.75 Å². The van der Waals surface area contributed by atoms with E-state index in [0.29, 0.717) is 18.0 Å². The van der Waals surface area contributed by atoms with Gasteiger partial charge in [-0.05, 0) is 61.6 Å². The molecule has 3 aromatic rings. The van der Waals surface area contributed by atoms with E-state index in [0.717, 1.165) is 15.4 Å². The molecule has 0 bridgehead atoms. The summed E-state index contributed by atoms with van der Waals surface area (Å²) < 4.78 is 34.2. The monoisotopic (exact) mass is 508 g/mol.